The Kier molecular flexibility index (Phi) is 5.05. The Morgan fingerprint density at radius 1 is 1.14 bits per heavy atom. The van der Waals surface area contributed by atoms with Crippen molar-refractivity contribution in [3.63, 3.8) is 0 Å². The highest BCUT2D eigenvalue weighted by molar-refractivity contribution is 6.02. The molecular formula is C26H28F2N2O5. The molecule has 1 atom stereocenters. The molecule has 186 valence electrons. The summed E-state index contributed by atoms with van der Waals surface area (Å²) >= 11 is 0. The third kappa shape index (κ3) is 3.83. The molecular weight excluding hydrogens is 458 g/mol. The van der Waals surface area contributed by atoms with Gasteiger partial charge in [0.2, 0.25) is 5.91 Å². The van der Waals surface area contributed by atoms with Crippen LogP contribution in [0.15, 0.2) is 42.5 Å². The van der Waals surface area contributed by atoms with Crippen LogP contribution in [0.5, 0.6) is 11.5 Å². The Morgan fingerprint density at radius 3 is 2.60 bits per heavy atom. The summed E-state index contributed by atoms with van der Waals surface area (Å²) in [6.45, 7) is 0.00130. The summed E-state index contributed by atoms with van der Waals surface area (Å²) in [5.41, 5.74) is 2.54. The van der Waals surface area contributed by atoms with Crippen LogP contribution in [-0.4, -0.2) is 39.7 Å². The third-order valence-corrected chi connectivity index (χ3v) is 7.46. The lowest BCUT2D eigenvalue weighted by atomic mass is 9.83. The van der Waals surface area contributed by atoms with E-state index in [1.807, 2.05) is 18.2 Å². The largest absolute Gasteiger partial charge is 0.586 e. The van der Waals surface area contributed by atoms with Crippen molar-refractivity contribution in [1.29, 1.82) is 0 Å². The second-order valence-corrected chi connectivity index (χ2v) is 9.78. The molecule has 2 fully saturated rings. The van der Waals surface area contributed by atoms with Gasteiger partial charge in [0, 0.05) is 23.7 Å². The van der Waals surface area contributed by atoms with Crippen LogP contribution in [0.1, 0.15) is 50.7 Å². The molecule has 2 aromatic carbocycles. The molecule has 3 aliphatic rings. The number of carbonyl (C=O) groups is 1. The van der Waals surface area contributed by atoms with E-state index in [2.05, 4.69) is 25.4 Å². The average Bonchev–Trinajstić information content (AvgIpc) is 3.44. The number of aromatic nitrogens is 1. The predicted octanol–water partition coefficient (Wildman–Crippen LogP) is 4.50. The van der Waals surface area contributed by atoms with Crippen LogP contribution >= 0.6 is 0 Å². The minimum absolute atomic E-state index is 0. The van der Waals surface area contributed by atoms with E-state index in [1.54, 1.807) is 6.07 Å². The van der Waals surface area contributed by atoms with Crippen LogP contribution in [0.2, 0.25) is 0 Å². The van der Waals surface area contributed by atoms with Crippen molar-refractivity contribution in [2.45, 2.75) is 62.4 Å². The van der Waals surface area contributed by atoms with E-state index in [9.17, 15) is 23.8 Å². The number of nitrogens with one attached hydrogen (secondary N) is 1. The first kappa shape index (κ1) is 22.3. The second kappa shape index (κ2) is 7.93. The molecule has 0 spiro atoms. The summed E-state index contributed by atoms with van der Waals surface area (Å²) in [5.74, 6) is 0.123. The second-order valence-electron chi connectivity index (χ2n) is 9.78. The van der Waals surface area contributed by atoms with Gasteiger partial charge < -0.3 is 29.6 Å². The van der Waals surface area contributed by atoms with Gasteiger partial charge in [-0.2, -0.15) is 0 Å². The highest BCUT2D eigenvalue weighted by Crippen LogP contribution is 2.52. The zero-order valence-corrected chi connectivity index (χ0v) is 19.0. The molecule has 9 heteroatoms. The molecule has 0 saturated heterocycles. The Bertz CT molecular complexity index is 1320. The number of nitrogens with zero attached hydrogens (tertiary/aromatic N) is 1. The third-order valence-electron chi connectivity index (χ3n) is 7.46. The SMILES string of the molecule is O=C(Nc1ccc2c(c1)cc(C1CCC1)n2C[C@@H](O)CO)C1(c2ccc3c(c2)OC(F)(F)O3)CC1.[HH]. The molecule has 2 saturated carbocycles. The fourth-order valence-corrected chi connectivity index (χ4v) is 5.15. The summed E-state index contributed by atoms with van der Waals surface area (Å²) in [7, 11) is 0. The number of amides is 1. The maximum atomic E-state index is 13.4. The topological polar surface area (TPSA) is 93.0 Å². The Morgan fingerprint density at radius 2 is 1.91 bits per heavy atom. The molecule has 2 aliphatic carbocycles. The number of fused-ring (bicyclic) bond motifs is 2. The summed E-state index contributed by atoms with van der Waals surface area (Å²) < 4.78 is 37.9. The van der Waals surface area contributed by atoms with Gasteiger partial charge in [0.1, 0.15) is 0 Å². The maximum Gasteiger partial charge on any atom is 0.586 e. The van der Waals surface area contributed by atoms with Crippen molar-refractivity contribution < 1.29 is 34.7 Å². The number of benzene rings is 2. The summed E-state index contributed by atoms with van der Waals surface area (Å²) in [4.78, 5) is 13.3. The lowest BCUT2D eigenvalue weighted by Crippen LogP contribution is -2.28. The summed E-state index contributed by atoms with van der Waals surface area (Å²) in [6.07, 6.45) is 0.0437. The molecule has 35 heavy (non-hydrogen) atoms. The summed E-state index contributed by atoms with van der Waals surface area (Å²) in [6, 6.07) is 12.3. The number of ether oxygens (including phenoxy) is 2. The van der Waals surface area contributed by atoms with Gasteiger partial charge in [0.15, 0.2) is 11.5 Å². The van der Waals surface area contributed by atoms with Crippen LogP contribution in [0, 0.1) is 0 Å². The van der Waals surface area contributed by atoms with Crippen molar-refractivity contribution in [3.05, 3.63) is 53.7 Å². The molecule has 7 nitrogen and oxygen atoms in total. The van der Waals surface area contributed by atoms with E-state index in [0.29, 0.717) is 36.6 Å². The van der Waals surface area contributed by atoms with Crippen LogP contribution in [0.25, 0.3) is 10.9 Å². The number of carbonyl (C=O) groups excluding carboxylic acids is 1. The molecule has 0 unspecified atom stereocenters. The van der Waals surface area contributed by atoms with E-state index in [0.717, 1.165) is 29.4 Å². The molecule has 0 bridgehead atoms. The van der Waals surface area contributed by atoms with Gasteiger partial charge in [-0.15, -0.1) is 8.78 Å². The Balaban J connectivity index is 0.00000267. The Hall–Kier alpha value is -3.17. The lowest BCUT2D eigenvalue weighted by molar-refractivity contribution is -0.286. The van der Waals surface area contributed by atoms with E-state index in [-0.39, 0.29) is 25.4 Å². The van der Waals surface area contributed by atoms with E-state index < -0.39 is 17.8 Å². The number of aliphatic hydroxyl groups excluding tert-OH is 2. The van der Waals surface area contributed by atoms with Gasteiger partial charge in [0.25, 0.3) is 0 Å². The first-order valence-electron chi connectivity index (χ1n) is 11.9. The normalized spacial score (nSPS) is 20.5. The molecule has 3 N–H and O–H groups in total. The van der Waals surface area contributed by atoms with Gasteiger partial charge in [-0.25, -0.2) is 0 Å². The first-order chi connectivity index (χ1) is 16.8. The number of hydrogen-bond acceptors (Lipinski definition) is 5. The zero-order chi connectivity index (χ0) is 24.4. The predicted molar refractivity (Wildman–Crippen MR) is 126 cm³/mol. The first-order valence-corrected chi connectivity index (χ1v) is 11.9. The molecule has 0 radical (unpaired) electrons. The number of hydrogen-bond donors (Lipinski definition) is 3. The quantitative estimate of drug-likeness (QED) is 0.457. The van der Waals surface area contributed by atoms with Gasteiger partial charge in [0.05, 0.1) is 24.7 Å². The van der Waals surface area contributed by atoms with Gasteiger partial charge in [-0.3, -0.25) is 4.79 Å². The smallest absolute Gasteiger partial charge is 0.395 e. The number of rotatable bonds is 7. The van der Waals surface area contributed by atoms with Crippen molar-refractivity contribution in [1.82, 2.24) is 4.57 Å². The summed E-state index contributed by atoms with van der Waals surface area (Å²) in [5, 5.41) is 23.4. The lowest BCUT2D eigenvalue weighted by Gasteiger charge is -2.27. The van der Waals surface area contributed by atoms with Crippen molar-refractivity contribution in [3.8, 4) is 11.5 Å². The van der Waals surface area contributed by atoms with E-state index >= 15 is 0 Å². The minimum atomic E-state index is -3.70. The van der Waals surface area contributed by atoms with E-state index in [4.69, 9.17) is 0 Å². The molecule has 1 amide bonds. The van der Waals surface area contributed by atoms with E-state index in [1.165, 1.54) is 18.6 Å². The highest BCUT2D eigenvalue weighted by Gasteiger charge is 2.52. The van der Waals surface area contributed by atoms with Crippen LogP contribution < -0.4 is 14.8 Å². The molecule has 1 aromatic heterocycles. The van der Waals surface area contributed by atoms with Crippen molar-refractivity contribution in [2.75, 3.05) is 11.9 Å². The molecule has 2 heterocycles. The Labute approximate surface area is 201 Å². The number of anilines is 1. The van der Waals surface area contributed by atoms with Gasteiger partial charge in [-0.1, -0.05) is 12.5 Å². The highest BCUT2D eigenvalue weighted by atomic mass is 19.3. The van der Waals surface area contributed by atoms with Crippen LogP contribution in [-0.2, 0) is 16.8 Å². The number of alkyl halides is 2. The van der Waals surface area contributed by atoms with Crippen LogP contribution in [0.4, 0.5) is 14.5 Å². The zero-order valence-electron chi connectivity index (χ0n) is 19.0. The molecule has 6 rings (SSSR count). The van der Waals surface area contributed by atoms with Gasteiger partial charge >= 0.3 is 6.29 Å². The number of aliphatic hydroxyl groups is 2. The van der Waals surface area contributed by atoms with Crippen molar-refractivity contribution >= 4 is 22.5 Å². The van der Waals surface area contributed by atoms with Gasteiger partial charge in [-0.05, 0) is 73.6 Å². The van der Waals surface area contributed by atoms with Crippen molar-refractivity contribution in [2.24, 2.45) is 0 Å². The average molecular weight is 487 g/mol. The standard InChI is InChI=1S/C26H26F2N2O5.H2/c27-26(28)34-22-7-4-17(12-23(22)35-26)25(8-9-25)24(33)29-18-5-6-20-16(10-18)11-21(15-2-1-3-15)30(20)13-19(32)14-31;/h4-7,10-12,15,19,31-32H,1-3,8-9,13-14H2,(H,29,33);1H/t19-;/m1./s1. The fourth-order valence-electron chi connectivity index (χ4n) is 5.15. The minimum Gasteiger partial charge on any atom is -0.395 e. The maximum absolute atomic E-state index is 13.4. The molecule has 1 aliphatic heterocycles. The fraction of sp³-hybridized carbons (Fsp3) is 0.423. The monoisotopic (exact) mass is 486 g/mol. The van der Waals surface area contributed by atoms with Crippen LogP contribution in [0.3, 0.4) is 0 Å². The molecule has 3 aromatic rings. The number of halogens is 2.